The van der Waals surface area contributed by atoms with Crippen molar-refractivity contribution in [2.45, 2.75) is 19.8 Å². The summed E-state index contributed by atoms with van der Waals surface area (Å²) in [6, 6.07) is 13.4. The number of carbonyl (C=O) groups excluding carboxylic acids is 2. The summed E-state index contributed by atoms with van der Waals surface area (Å²) in [5, 5.41) is 5.71. The second kappa shape index (κ2) is 10.5. The maximum atomic E-state index is 11.8. The van der Waals surface area contributed by atoms with Crippen molar-refractivity contribution in [1.29, 1.82) is 0 Å². The molecule has 0 spiro atoms. The normalized spacial score (nSPS) is 10.3. The number of hydrogen-bond donors (Lipinski definition) is 2. The third-order valence-electron chi connectivity index (χ3n) is 3.47. The van der Waals surface area contributed by atoms with Crippen LogP contribution in [0.4, 0.5) is 5.69 Å². The monoisotopic (exact) mass is 357 g/mol. The number of nitrogens with zero attached hydrogens (tertiary/aromatic N) is 1. The summed E-state index contributed by atoms with van der Waals surface area (Å²) in [5.74, 6) is 0.915. The molecule has 2 amide bonds. The van der Waals surface area contributed by atoms with Crippen molar-refractivity contribution in [3.8, 4) is 0 Å². The largest absolute Gasteiger partial charge is 0.356 e. The minimum Gasteiger partial charge on any atom is -0.356 e. The molecule has 0 saturated carbocycles. The molecule has 5 nitrogen and oxygen atoms in total. The third kappa shape index (κ3) is 7.85. The fraction of sp³-hybridized carbons (Fsp3) is 0.316. The van der Waals surface area contributed by atoms with E-state index in [4.69, 9.17) is 0 Å². The van der Waals surface area contributed by atoms with Gasteiger partial charge in [-0.05, 0) is 31.2 Å². The van der Waals surface area contributed by atoms with Crippen LogP contribution < -0.4 is 10.6 Å². The first-order chi connectivity index (χ1) is 12.1. The predicted molar refractivity (Wildman–Crippen MR) is 103 cm³/mol. The molecule has 2 aromatic rings. The average Bonchev–Trinajstić information content (AvgIpc) is 2.62. The van der Waals surface area contributed by atoms with Crippen molar-refractivity contribution >= 4 is 29.3 Å². The van der Waals surface area contributed by atoms with E-state index in [9.17, 15) is 9.59 Å². The summed E-state index contributed by atoms with van der Waals surface area (Å²) < 4.78 is 0. The van der Waals surface area contributed by atoms with Gasteiger partial charge < -0.3 is 10.6 Å². The summed E-state index contributed by atoms with van der Waals surface area (Å²) in [7, 11) is 0. The van der Waals surface area contributed by atoms with E-state index in [0.29, 0.717) is 24.5 Å². The van der Waals surface area contributed by atoms with Crippen LogP contribution >= 0.6 is 11.8 Å². The smallest absolute Gasteiger partial charge is 0.234 e. The van der Waals surface area contributed by atoms with E-state index in [2.05, 4.69) is 15.6 Å². The molecule has 0 fully saturated rings. The van der Waals surface area contributed by atoms with E-state index in [1.54, 1.807) is 6.20 Å². The number of pyridine rings is 1. The van der Waals surface area contributed by atoms with Crippen LogP contribution in [0.2, 0.25) is 0 Å². The molecule has 0 atom stereocenters. The molecule has 1 aromatic carbocycles. The van der Waals surface area contributed by atoms with Crippen LogP contribution in [-0.4, -0.2) is 34.8 Å². The van der Waals surface area contributed by atoms with Gasteiger partial charge in [0, 0.05) is 42.7 Å². The van der Waals surface area contributed by atoms with Gasteiger partial charge >= 0.3 is 0 Å². The predicted octanol–water partition coefficient (Wildman–Crippen LogP) is 2.81. The van der Waals surface area contributed by atoms with Gasteiger partial charge in [-0.1, -0.05) is 23.8 Å². The lowest BCUT2D eigenvalue weighted by atomic mass is 10.2. The first kappa shape index (κ1) is 19.0. The number of carbonyl (C=O) groups is 2. The van der Waals surface area contributed by atoms with Crippen LogP contribution in [0.3, 0.4) is 0 Å². The highest BCUT2D eigenvalue weighted by molar-refractivity contribution is 7.99. The van der Waals surface area contributed by atoms with Crippen molar-refractivity contribution in [3.05, 3.63) is 59.9 Å². The van der Waals surface area contributed by atoms with Gasteiger partial charge in [0.15, 0.2) is 0 Å². The van der Waals surface area contributed by atoms with E-state index < -0.39 is 0 Å². The summed E-state index contributed by atoms with van der Waals surface area (Å²) >= 11 is 1.46. The fourth-order valence-corrected chi connectivity index (χ4v) is 2.86. The lowest BCUT2D eigenvalue weighted by molar-refractivity contribution is -0.120. The Morgan fingerprint density at radius 2 is 1.88 bits per heavy atom. The van der Waals surface area contributed by atoms with E-state index in [1.807, 2.05) is 49.4 Å². The van der Waals surface area contributed by atoms with Gasteiger partial charge in [-0.25, -0.2) is 0 Å². The number of nitrogens with one attached hydrogen (secondary N) is 2. The summed E-state index contributed by atoms with van der Waals surface area (Å²) in [6.45, 7) is 2.58. The molecule has 0 bridgehead atoms. The van der Waals surface area contributed by atoms with Crippen LogP contribution in [0.15, 0.2) is 48.7 Å². The van der Waals surface area contributed by atoms with Crippen LogP contribution in [0, 0.1) is 6.92 Å². The maximum Gasteiger partial charge on any atom is 0.234 e. The zero-order chi connectivity index (χ0) is 17.9. The Labute approximate surface area is 152 Å². The molecule has 2 N–H and O–H groups in total. The Morgan fingerprint density at radius 1 is 1.08 bits per heavy atom. The molecule has 2 rings (SSSR count). The fourth-order valence-electron chi connectivity index (χ4n) is 2.13. The molecule has 1 heterocycles. The second-order valence-electron chi connectivity index (χ2n) is 5.64. The van der Waals surface area contributed by atoms with Crippen LogP contribution in [0.5, 0.6) is 0 Å². The Hall–Kier alpha value is -2.34. The van der Waals surface area contributed by atoms with E-state index in [1.165, 1.54) is 11.8 Å². The summed E-state index contributed by atoms with van der Waals surface area (Å²) in [4.78, 5) is 27.8. The molecule has 0 aliphatic heterocycles. The van der Waals surface area contributed by atoms with Crippen molar-refractivity contribution in [3.63, 3.8) is 0 Å². The van der Waals surface area contributed by atoms with Gasteiger partial charge in [0.1, 0.15) is 0 Å². The molecule has 0 unspecified atom stereocenters. The van der Waals surface area contributed by atoms with Gasteiger partial charge in [0.2, 0.25) is 11.8 Å². The second-order valence-corrected chi connectivity index (χ2v) is 6.74. The van der Waals surface area contributed by atoms with Gasteiger partial charge in [0.25, 0.3) is 0 Å². The summed E-state index contributed by atoms with van der Waals surface area (Å²) in [5.41, 5.74) is 2.91. The van der Waals surface area contributed by atoms with E-state index in [-0.39, 0.29) is 11.8 Å². The molecule has 1 aromatic heterocycles. The Kier molecular flexibility index (Phi) is 7.98. The Bertz CT molecular complexity index is 675. The van der Waals surface area contributed by atoms with E-state index >= 15 is 0 Å². The minimum atomic E-state index is -0.0515. The molecule has 0 radical (unpaired) electrons. The highest BCUT2D eigenvalue weighted by Crippen LogP contribution is 2.10. The zero-order valence-corrected chi connectivity index (χ0v) is 15.1. The number of rotatable bonds is 9. The maximum absolute atomic E-state index is 11.8. The zero-order valence-electron chi connectivity index (χ0n) is 14.3. The molecular weight excluding hydrogens is 334 g/mol. The SMILES string of the molecule is Cc1ccc(NC(=O)CSCCC(=O)NCCc2ccccn2)cc1. The first-order valence-electron chi connectivity index (χ1n) is 8.24. The molecule has 25 heavy (non-hydrogen) atoms. The number of aryl methyl sites for hydroxylation is 1. The molecule has 0 aliphatic carbocycles. The number of anilines is 1. The highest BCUT2D eigenvalue weighted by atomic mass is 32.2. The van der Waals surface area contributed by atoms with E-state index in [0.717, 1.165) is 23.4 Å². The van der Waals surface area contributed by atoms with Crippen molar-refractivity contribution in [2.75, 3.05) is 23.4 Å². The topological polar surface area (TPSA) is 71.1 Å². The molecule has 6 heteroatoms. The lowest BCUT2D eigenvalue weighted by Gasteiger charge is -2.06. The quantitative estimate of drug-likeness (QED) is 0.677. The summed E-state index contributed by atoms with van der Waals surface area (Å²) in [6.07, 6.45) is 2.87. The average molecular weight is 357 g/mol. The van der Waals surface area contributed by atoms with Crippen LogP contribution in [-0.2, 0) is 16.0 Å². The minimum absolute atomic E-state index is 0.00220. The van der Waals surface area contributed by atoms with Gasteiger partial charge in [0.05, 0.1) is 5.75 Å². The number of amides is 2. The molecule has 0 saturated heterocycles. The highest BCUT2D eigenvalue weighted by Gasteiger charge is 2.05. The number of benzene rings is 1. The first-order valence-corrected chi connectivity index (χ1v) is 9.40. The Balaban J connectivity index is 1.53. The van der Waals surface area contributed by atoms with Gasteiger partial charge in [-0.3, -0.25) is 14.6 Å². The molecular formula is C19H23N3O2S. The standard InChI is InChI=1S/C19H23N3O2S/c1-15-5-7-17(8-6-15)22-19(24)14-25-13-10-18(23)21-12-9-16-4-2-3-11-20-16/h2-8,11H,9-10,12-14H2,1H3,(H,21,23)(H,22,24). The number of thioether (sulfide) groups is 1. The third-order valence-corrected chi connectivity index (χ3v) is 4.43. The van der Waals surface area contributed by atoms with Crippen molar-refractivity contribution < 1.29 is 9.59 Å². The van der Waals surface area contributed by atoms with Crippen LogP contribution in [0.1, 0.15) is 17.7 Å². The lowest BCUT2D eigenvalue weighted by Crippen LogP contribution is -2.26. The molecule has 0 aliphatic rings. The van der Waals surface area contributed by atoms with Crippen LogP contribution in [0.25, 0.3) is 0 Å². The Morgan fingerprint density at radius 3 is 2.60 bits per heavy atom. The molecule has 132 valence electrons. The number of aromatic nitrogens is 1. The van der Waals surface area contributed by atoms with Crippen molar-refractivity contribution in [2.24, 2.45) is 0 Å². The number of hydrogen-bond acceptors (Lipinski definition) is 4. The van der Waals surface area contributed by atoms with Gasteiger partial charge in [-0.15, -0.1) is 0 Å². The van der Waals surface area contributed by atoms with Crippen molar-refractivity contribution in [1.82, 2.24) is 10.3 Å². The van der Waals surface area contributed by atoms with Gasteiger partial charge in [-0.2, -0.15) is 11.8 Å².